The van der Waals surface area contributed by atoms with Crippen LogP contribution in [-0.4, -0.2) is 22.2 Å². The van der Waals surface area contributed by atoms with Crippen molar-refractivity contribution < 1.29 is 5.11 Å². The minimum atomic E-state index is -0.505. The van der Waals surface area contributed by atoms with Gasteiger partial charge in [0.25, 0.3) is 0 Å². The van der Waals surface area contributed by atoms with Gasteiger partial charge in [0.1, 0.15) is 0 Å². The monoisotopic (exact) mass is 270 g/mol. The van der Waals surface area contributed by atoms with Crippen molar-refractivity contribution in [2.45, 2.75) is 44.2 Å². The molecule has 0 radical (unpaired) electrons. The second-order valence-electron chi connectivity index (χ2n) is 5.88. The van der Waals surface area contributed by atoms with E-state index in [0.29, 0.717) is 13.1 Å². The van der Waals surface area contributed by atoms with Crippen molar-refractivity contribution in [1.82, 2.24) is 10.3 Å². The fourth-order valence-corrected chi connectivity index (χ4v) is 3.02. The number of pyridine rings is 1. The number of benzene rings is 1. The molecule has 0 spiro atoms. The Kier molecular flexibility index (Phi) is 3.99. The van der Waals surface area contributed by atoms with Crippen molar-refractivity contribution in [3.63, 3.8) is 0 Å². The quantitative estimate of drug-likeness (QED) is 0.897. The zero-order chi connectivity index (χ0) is 13.8. The topological polar surface area (TPSA) is 45.1 Å². The van der Waals surface area contributed by atoms with Gasteiger partial charge >= 0.3 is 0 Å². The number of nitrogens with zero attached hydrogens (tertiary/aromatic N) is 1. The van der Waals surface area contributed by atoms with Gasteiger partial charge in [-0.25, -0.2) is 0 Å². The van der Waals surface area contributed by atoms with E-state index in [9.17, 15) is 5.11 Å². The van der Waals surface area contributed by atoms with Crippen LogP contribution in [-0.2, 0) is 6.54 Å². The second kappa shape index (κ2) is 5.90. The molecule has 0 bridgehead atoms. The van der Waals surface area contributed by atoms with Gasteiger partial charge in [-0.1, -0.05) is 43.5 Å². The lowest BCUT2D eigenvalue weighted by atomic mass is 9.85. The van der Waals surface area contributed by atoms with Crippen molar-refractivity contribution in [3.05, 3.63) is 42.1 Å². The van der Waals surface area contributed by atoms with E-state index in [2.05, 4.69) is 28.5 Å². The number of para-hydroxylation sites is 1. The molecule has 0 aliphatic heterocycles. The molecule has 3 rings (SSSR count). The van der Waals surface area contributed by atoms with Crippen LogP contribution in [0.2, 0.25) is 0 Å². The summed E-state index contributed by atoms with van der Waals surface area (Å²) in [5.74, 6) is 0. The molecule has 0 saturated heterocycles. The van der Waals surface area contributed by atoms with Crippen LogP contribution in [0.4, 0.5) is 0 Å². The zero-order valence-corrected chi connectivity index (χ0v) is 11.8. The summed E-state index contributed by atoms with van der Waals surface area (Å²) in [6, 6.07) is 12.3. The summed E-state index contributed by atoms with van der Waals surface area (Å²) in [7, 11) is 0. The third kappa shape index (κ3) is 3.17. The molecule has 2 N–H and O–H groups in total. The van der Waals surface area contributed by atoms with E-state index in [1.54, 1.807) is 0 Å². The molecule has 0 atom stereocenters. The van der Waals surface area contributed by atoms with Crippen molar-refractivity contribution in [2.75, 3.05) is 6.54 Å². The first-order valence-electron chi connectivity index (χ1n) is 7.53. The minimum absolute atomic E-state index is 0.505. The van der Waals surface area contributed by atoms with Crippen LogP contribution in [0.25, 0.3) is 10.9 Å². The second-order valence-corrected chi connectivity index (χ2v) is 5.88. The predicted molar refractivity (Wildman–Crippen MR) is 81.5 cm³/mol. The number of aliphatic hydroxyl groups is 1. The number of hydrogen-bond acceptors (Lipinski definition) is 3. The first-order valence-corrected chi connectivity index (χ1v) is 7.53. The van der Waals surface area contributed by atoms with Crippen molar-refractivity contribution >= 4 is 10.9 Å². The van der Waals surface area contributed by atoms with Crippen molar-refractivity contribution in [2.24, 2.45) is 0 Å². The summed E-state index contributed by atoms with van der Waals surface area (Å²) >= 11 is 0. The standard InChI is InChI=1S/C17H22N2O/c20-17(10-4-1-5-11-17)13-18-12-15-9-8-14-6-2-3-7-16(14)19-15/h2-3,6-9,18,20H,1,4-5,10-13H2. The van der Waals surface area contributed by atoms with Gasteiger partial charge in [-0.3, -0.25) is 4.98 Å². The Labute approximate surface area is 120 Å². The first-order chi connectivity index (χ1) is 9.75. The van der Waals surface area contributed by atoms with Gasteiger partial charge in [0.2, 0.25) is 0 Å². The molecule has 3 nitrogen and oxygen atoms in total. The molecule has 3 heteroatoms. The fraction of sp³-hybridized carbons (Fsp3) is 0.471. The molecule has 1 aromatic carbocycles. The maximum atomic E-state index is 10.4. The lowest BCUT2D eigenvalue weighted by molar-refractivity contribution is 0.00462. The van der Waals surface area contributed by atoms with E-state index < -0.39 is 5.60 Å². The molecule has 106 valence electrons. The number of hydrogen-bond donors (Lipinski definition) is 2. The molecule has 1 aliphatic rings. The smallest absolute Gasteiger partial charge is 0.0771 e. The van der Waals surface area contributed by atoms with Gasteiger partial charge in [-0.2, -0.15) is 0 Å². The Balaban J connectivity index is 1.59. The van der Waals surface area contributed by atoms with E-state index in [1.807, 2.05) is 18.2 Å². The molecule has 1 saturated carbocycles. The first kappa shape index (κ1) is 13.5. The average molecular weight is 270 g/mol. The molecule has 20 heavy (non-hydrogen) atoms. The highest BCUT2D eigenvalue weighted by molar-refractivity contribution is 5.78. The Morgan fingerprint density at radius 2 is 1.85 bits per heavy atom. The Morgan fingerprint density at radius 3 is 2.70 bits per heavy atom. The highest BCUT2D eigenvalue weighted by Gasteiger charge is 2.28. The maximum absolute atomic E-state index is 10.4. The van der Waals surface area contributed by atoms with E-state index >= 15 is 0 Å². The normalized spacial score (nSPS) is 18.2. The number of fused-ring (bicyclic) bond motifs is 1. The van der Waals surface area contributed by atoms with Gasteiger partial charge in [0.15, 0.2) is 0 Å². The third-order valence-corrected chi connectivity index (χ3v) is 4.20. The predicted octanol–water partition coefficient (Wildman–Crippen LogP) is 3.02. The summed E-state index contributed by atoms with van der Waals surface area (Å²) in [6.07, 6.45) is 5.39. The van der Waals surface area contributed by atoms with Crippen molar-refractivity contribution in [1.29, 1.82) is 0 Å². The van der Waals surface area contributed by atoms with Gasteiger partial charge < -0.3 is 10.4 Å². The Hall–Kier alpha value is -1.45. The number of rotatable bonds is 4. The molecule has 2 aromatic rings. The average Bonchev–Trinajstić information content (AvgIpc) is 2.48. The van der Waals surface area contributed by atoms with Crippen LogP contribution in [0.1, 0.15) is 37.8 Å². The number of nitrogens with one attached hydrogen (secondary N) is 1. The maximum Gasteiger partial charge on any atom is 0.0771 e. The van der Waals surface area contributed by atoms with E-state index in [1.165, 1.54) is 11.8 Å². The van der Waals surface area contributed by atoms with Crippen LogP contribution in [0.5, 0.6) is 0 Å². The lowest BCUT2D eigenvalue weighted by Gasteiger charge is -2.32. The molecule has 0 amide bonds. The molecule has 1 aliphatic carbocycles. The Morgan fingerprint density at radius 1 is 1.05 bits per heavy atom. The van der Waals surface area contributed by atoms with Crippen molar-refractivity contribution in [3.8, 4) is 0 Å². The molecule has 1 fully saturated rings. The third-order valence-electron chi connectivity index (χ3n) is 4.20. The molecule has 1 aromatic heterocycles. The highest BCUT2D eigenvalue weighted by atomic mass is 16.3. The van der Waals surface area contributed by atoms with Crippen LogP contribution in [0.15, 0.2) is 36.4 Å². The summed E-state index contributed by atoms with van der Waals surface area (Å²) < 4.78 is 0. The van der Waals surface area contributed by atoms with E-state index in [-0.39, 0.29) is 0 Å². The lowest BCUT2D eigenvalue weighted by Crippen LogP contribution is -2.41. The summed E-state index contributed by atoms with van der Waals surface area (Å²) in [6.45, 7) is 1.38. The summed E-state index contributed by atoms with van der Waals surface area (Å²) in [5.41, 5.74) is 1.56. The Bertz CT molecular complexity index is 576. The van der Waals surface area contributed by atoms with E-state index in [0.717, 1.165) is 36.9 Å². The van der Waals surface area contributed by atoms with E-state index in [4.69, 9.17) is 0 Å². The largest absolute Gasteiger partial charge is 0.389 e. The molecular formula is C17H22N2O. The fourth-order valence-electron chi connectivity index (χ4n) is 3.02. The summed E-state index contributed by atoms with van der Waals surface area (Å²) in [4.78, 5) is 4.64. The van der Waals surface area contributed by atoms with Gasteiger partial charge in [-0.05, 0) is 25.0 Å². The van der Waals surface area contributed by atoms with Gasteiger partial charge in [-0.15, -0.1) is 0 Å². The molecule has 0 unspecified atom stereocenters. The van der Waals surface area contributed by atoms with Gasteiger partial charge in [0, 0.05) is 18.5 Å². The van der Waals surface area contributed by atoms with Crippen LogP contribution < -0.4 is 5.32 Å². The highest BCUT2D eigenvalue weighted by Crippen LogP contribution is 2.27. The number of aromatic nitrogens is 1. The van der Waals surface area contributed by atoms with Crippen LogP contribution >= 0.6 is 0 Å². The molecule has 1 heterocycles. The molecular weight excluding hydrogens is 248 g/mol. The van der Waals surface area contributed by atoms with Crippen LogP contribution in [0, 0.1) is 0 Å². The van der Waals surface area contributed by atoms with Crippen LogP contribution in [0.3, 0.4) is 0 Å². The van der Waals surface area contributed by atoms with Gasteiger partial charge in [0.05, 0.1) is 16.8 Å². The summed E-state index contributed by atoms with van der Waals surface area (Å²) in [5, 5.41) is 15.0. The zero-order valence-electron chi connectivity index (χ0n) is 11.8. The minimum Gasteiger partial charge on any atom is -0.389 e. The SMILES string of the molecule is OC1(CNCc2ccc3ccccc3n2)CCCCC1.